The third-order valence-electron chi connectivity index (χ3n) is 3.89. The molecule has 1 fully saturated rings. The van der Waals surface area contributed by atoms with Crippen LogP contribution in [0, 0.1) is 0 Å². The topological polar surface area (TPSA) is 83.7 Å². The van der Waals surface area contributed by atoms with E-state index in [4.69, 9.17) is 14.3 Å². The average Bonchev–Trinajstić information content (AvgIpc) is 2.92. The van der Waals surface area contributed by atoms with Gasteiger partial charge in [0.1, 0.15) is 23.7 Å². The van der Waals surface area contributed by atoms with Crippen molar-refractivity contribution in [2.24, 2.45) is 0 Å². The normalized spacial score (nSPS) is 21.9. The number of nitrogens with one attached hydrogen (secondary N) is 2. The van der Waals surface area contributed by atoms with Crippen LogP contribution in [0.1, 0.15) is 58.0 Å². The molecule has 1 aliphatic carbocycles. The first-order valence-electron chi connectivity index (χ1n) is 8.27. The van der Waals surface area contributed by atoms with Crippen molar-refractivity contribution in [3.05, 3.63) is 23.7 Å². The van der Waals surface area contributed by atoms with Crippen molar-refractivity contribution < 1.29 is 19.1 Å². The molecule has 3 N–H and O–H groups in total. The molecule has 23 heavy (non-hydrogen) atoms. The highest BCUT2D eigenvalue weighted by Gasteiger charge is 2.24. The molecule has 1 saturated carbocycles. The Morgan fingerprint density at radius 2 is 1.83 bits per heavy atom. The van der Waals surface area contributed by atoms with Crippen molar-refractivity contribution in [2.45, 2.75) is 77.3 Å². The highest BCUT2D eigenvalue weighted by Crippen LogP contribution is 2.20. The number of aliphatic hydroxyl groups excluding tert-OH is 1. The molecule has 1 amide bonds. The lowest BCUT2D eigenvalue weighted by Gasteiger charge is -2.30. The summed E-state index contributed by atoms with van der Waals surface area (Å²) in [7, 11) is 0. The maximum absolute atomic E-state index is 11.8. The summed E-state index contributed by atoms with van der Waals surface area (Å²) in [4.78, 5) is 11.8. The van der Waals surface area contributed by atoms with Crippen LogP contribution in [0.5, 0.6) is 0 Å². The molecule has 0 saturated heterocycles. The molecule has 0 aliphatic heterocycles. The number of carbonyl (C=O) groups is 1. The largest absolute Gasteiger partial charge is 0.462 e. The first-order chi connectivity index (χ1) is 10.9. The molecular weight excluding hydrogens is 296 g/mol. The van der Waals surface area contributed by atoms with Crippen molar-refractivity contribution in [1.82, 2.24) is 10.6 Å². The summed E-state index contributed by atoms with van der Waals surface area (Å²) in [5.41, 5.74) is -0.459. The average molecular weight is 324 g/mol. The van der Waals surface area contributed by atoms with E-state index in [1.54, 1.807) is 6.07 Å². The van der Waals surface area contributed by atoms with Crippen LogP contribution in [0.15, 0.2) is 16.5 Å². The van der Waals surface area contributed by atoms with Crippen LogP contribution in [-0.4, -0.2) is 28.9 Å². The number of alkyl carbamates (subject to hydrolysis) is 1. The summed E-state index contributed by atoms with van der Waals surface area (Å²) in [5.74, 6) is 1.43. The molecule has 6 nitrogen and oxygen atoms in total. The van der Waals surface area contributed by atoms with Gasteiger partial charge >= 0.3 is 6.09 Å². The Balaban J connectivity index is 1.66. The Morgan fingerprint density at radius 3 is 2.39 bits per heavy atom. The van der Waals surface area contributed by atoms with Crippen molar-refractivity contribution in [2.75, 3.05) is 0 Å². The fourth-order valence-electron chi connectivity index (χ4n) is 2.76. The van der Waals surface area contributed by atoms with E-state index in [9.17, 15) is 4.79 Å². The molecular formula is C17H28N2O4. The zero-order chi connectivity index (χ0) is 16.9. The van der Waals surface area contributed by atoms with Gasteiger partial charge in [0, 0.05) is 12.1 Å². The third-order valence-corrected chi connectivity index (χ3v) is 3.89. The maximum Gasteiger partial charge on any atom is 0.407 e. The molecule has 1 heterocycles. The van der Waals surface area contributed by atoms with Gasteiger partial charge in [-0.25, -0.2) is 4.79 Å². The fraction of sp³-hybridized carbons (Fsp3) is 0.706. The second kappa shape index (κ2) is 7.84. The summed E-state index contributed by atoms with van der Waals surface area (Å²) in [6.07, 6.45) is 3.57. The lowest BCUT2D eigenvalue weighted by Crippen LogP contribution is -2.43. The number of rotatable bonds is 5. The molecule has 0 atom stereocenters. The van der Waals surface area contributed by atoms with E-state index in [2.05, 4.69) is 10.6 Å². The zero-order valence-corrected chi connectivity index (χ0v) is 14.2. The third kappa shape index (κ3) is 6.23. The molecule has 0 unspecified atom stereocenters. The Hall–Kier alpha value is -1.53. The van der Waals surface area contributed by atoms with Gasteiger partial charge in [-0.2, -0.15) is 0 Å². The van der Waals surface area contributed by atoms with E-state index in [1.165, 1.54) is 0 Å². The second-order valence-corrected chi connectivity index (χ2v) is 7.10. The van der Waals surface area contributed by atoms with E-state index in [-0.39, 0.29) is 18.7 Å². The molecule has 6 heteroatoms. The summed E-state index contributed by atoms with van der Waals surface area (Å²) in [6.45, 7) is 6.19. The molecule has 0 spiro atoms. The van der Waals surface area contributed by atoms with Crippen LogP contribution in [0.3, 0.4) is 0 Å². The Bertz CT molecular complexity index is 499. The van der Waals surface area contributed by atoms with Crippen molar-refractivity contribution in [1.29, 1.82) is 0 Å². The lowest BCUT2D eigenvalue weighted by molar-refractivity contribution is 0.0489. The van der Waals surface area contributed by atoms with E-state index >= 15 is 0 Å². The molecule has 0 aromatic carbocycles. The van der Waals surface area contributed by atoms with Gasteiger partial charge < -0.3 is 24.9 Å². The zero-order valence-electron chi connectivity index (χ0n) is 14.2. The van der Waals surface area contributed by atoms with Gasteiger partial charge in [-0.3, -0.25) is 0 Å². The smallest absolute Gasteiger partial charge is 0.407 e. The predicted molar refractivity (Wildman–Crippen MR) is 86.9 cm³/mol. The van der Waals surface area contributed by atoms with Gasteiger partial charge in [0.05, 0.1) is 6.54 Å². The number of amides is 1. The van der Waals surface area contributed by atoms with Crippen molar-refractivity contribution >= 4 is 6.09 Å². The molecule has 130 valence electrons. The summed E-state index contributed by atoms with van der Waals surface area (Å²) in [5, 5.41) is 15.4. The van der Waals surface area contributed by atoms with E-state index in [0.717, 1.165) is 31.4 Å². The quantitative estimate of drug-likeness (QED) is 0.775. The van der Waals surface area contributed by atoms with Gasteiger partial charge in [0.25, 0.3) is 0 Å². The first-order valence-corrected chi connectivity index (χ1v) is 8.27. The van der Waals surface area contributed by atoms with Crippen LogP contribution in [-0.2, 0) is 17.9 Å². The first kappa shape index (κ1) is 17.8. The molecule has 1 aliphatic rings. The fourth-order valence-corrected chi connectivity index (χ4v) is 2.76. The molecule has 1 aromatic rings. The number of hydrogen-bond acceptors (Lipinski definition) is 5. The Labute approximate surface area is 137 Å². The molecule has 2 rings (SSSR count). The standard InChI is InChI=1S/C17H28N2O4/c1-17(2,3)23-16(21)19-13-6-4-12(5-7-13)18-10-14-8-9-15(11-20)22-14/h8-9,12-13,18,20H,4-7,10-11H2,1-3H3,(H,19,21). The highest BCUT2D eigenvalue weighted by molar-refractivity contribution is 5.68. The van der Waals surface area contributed by atoms with E-state index in [0.29, 0.717) is 18.3 Å². The summed E-state index contributed by atoms with van der Waals surface area (Å²) < 4.78 is 10.7. The summed E-state index contributed by atoms with van der Waals surface area (Å²) >= 11 is 0. The maximum atomic E-state index is 11.8. The lowest BCUT2D eigenvalue weighted by atomic mass is 9.91. The molecule has 1 aromatic heterocycles. The van der Waals surface area contributed by atoms with Crippen LogP contribution in [0.4, 0.5) is 4.79 Å². The van der Waals surface area contributed by atoms with Gasteiger partial charge in [-0.05, 0) is 58.6 Å². The minimum absolute atomic E-state index is 0.0680. The SMILES string of the molecule is CC(C)(C)OC(=O)NC1CCC(NCc2ccc(CO)o2)CC1. The van der Waals surface area contributed by atoms with Crippen LogP contribution in [0.2, 0.25) is 0 Å². The summed E-state index contributed by atoms with van der Waals surface area (Å²) in [6, 6.07) is 4.29. The van der Waals surface area contributed by atoms with Gasteiger partial charge in [-0.1, -0.05) is 0 Å². The van der Waals surface area contributed by atoms with E-state index < -0.39 is 5.60 Å². The molecule has 0 bridgehead atoms. The number of furan rings is 1. The highest BCUT2D eigenvalue weighted by atomic mass is 16.6. The molecule has 0 radical (unpaired) electrons. The Morgan fingerprint density at radius 1 is 1.22 bits per heavy atom. The monoisotopic (exact) mass is 324 g/mol. The van der Waals surface area contributed by atoms with Gasteiger partial charge in [0.15, 0.2) is 0 Å². The predicted octanol–water partition coefficient (Wildman–Crippen LogP) is 2.70. The number of ether oxygens (including phenoxy) is 1. The van der Waals surface area contributed by atoms with Crippen LogP contribution < -0.4 is 10.6 Å². The Kier molecular flexibility index (Phi) is 6.07. The minimum atomic E-state index is -0.459. The van der Waals surface area contributed by atoms with E-state index in [1.807, 2.05) is 26.8 Å². The number of carbonyl (C=O) groups excluding carboxylic acids is 1. The van der Waals surface area contributed by atoms with Gasteiger partial charge in [-0.15, -0.1) is 0 Å². The number of aliphatic hydroxyl groups is 1. The second-order valence-electron chi connectivity index (χ2n) is 7.10. The van der Waals surface area contributed by atoms with Crippen LogP contribution in [0.25, 0.3) is 0 Å². The van der Waals surface area contributed by atoms with Crippen molar-refractivity contribution in [3.8, 4) is 0 Å². The van der Waals surface area contributed by atoms with Gasteiger partial charge in [0.2, 0.25) is 0 Å². The number of hydrogen-bond donors (Lipinski definition) is 3. The minimum Gasteiger partial charge on any atom is -0.462 e. The van der Waals surface area contributed by atoms with Crippen LogP contribution >= 0.6 is 0 Å². The van der Waals surface area contributed by atoms with Crippen molar-refractivity contribution in [3.63, 3.8) is 0 Å².